The summed E-state index contributed by atoms with van der Waals surface area (Å²) in [5.74, 6) is -0.0517. The third kappa shape index (κ3) is 4.80. The molecule has 33 heavy (non-hydrogen) atoms. The van der Waals surface area contributed by atoms with Gasteiger partial charge in [-0.1, -0.05) is 49.0 Å². The average molecular weight is 476 g/mol. The Labute approximate surface area is 203 Å². The van der Waals surface area contributed by atoms with Gasteiger partial charge in [0.2, 0.25) is 0 Å². The number of hydrogen-bond donors (Lipinski definition) is 1. The van der Waals surface area contributed by atoms with Crippen LogP contribution in [0.3, 0.4) is 0 Å². The summed E-state index contributed by atoms with van der Waals surface area (Å²) in [5.41, 5.74) is 4.23. The molecule has 168 valence electrons. The van der Waals surface area contributed by atoms with E-state index in [1.807, 2.05) is 50.4 Å². The third-order valence-corrected chi connectivity index (χ3v) is 7.64. The molecule has 0 atom stereocenters. The first-order valence-corrected chi connectivity index (χ1v) is 12.5. The standard InChI is InChI=1S/C25H25N5OS2/c1-4-19-16-32-24(29(19)3)22-23(31)30(15-17-9-7-6-8-10-17)25(33-22)28-21-13-18(14-26)11-12-20(21)27-5-2/h6-13,16,27H,4-5,15H2,1-3H3/b24-22-,28-25-. The Kier molecular flexibility index (Phi) is 7.11. The minimum absolute atomic E-state index is 0.0517. The Balaban J connectivity index is 1.78. The van der Waals surface area contributed by atoms with Crippen molar-refractivity contribution in [2.24, 2.45) is 4.99 Å². The van der Waals surface area contributed by atoms with Gasteiger partial charge < -0.3 is 10.2 Å². The summed E-state index contributed by atoms with van der Waals surface area (Å²) < 4.78 is 0. The van der Waals surface area contributed by atoms with Crippen LogP contribution >= 0.6 is 23.5 Å². The molecule has 1 amide bonds. The SMILES string of the molecule is CCNc1ccc(C#N)cc1/N=C1\S/C(=C2\SC=C(CC)N2C)C(=O)N1Cc1ccccc1. The average Bonchev–Trinajstić information content (AvgIpc) is 3.35. The van der Waals surface area contributed by atoms with Crippen LogP contribution in [-0.4, -0.2) is 34.5 Å². The number of thioether (sulfide) groups is 2. The highest BCUT2D eigenvalue weighted by atomic mass is 32.2. The molecule has 2 aromatic rings. The molecule has 6 nitrogen and oxygen atoms in total. The molecular formula is C25H25N5OS2. The first kappa shape index (κ1) is 23.0. The van der Waals surface area contributed by atoms with Crippen LogP contribution in [0.25, 0.3) is 0 Å². The van der Waals surface area contributed by atoms with Crippen LogP contribution in [0, 0.1) is 11.3 Å². The molecule has 1 N–H and O–H groups in total. The number of nitrogens with one attached hydrogen (secondary N) is 1. The van der Waals surface area contributed by atoms with E-state index in [1.165, 1.54) is 17.5 Å². The van der Waals surface area contributed by atoms with Crippen LogP contribution in [0.1, 0.15) is 31.4 Å². The lowest BCUT2D eigenvalue weighted by Gasteiger charge is -2.18. The highest BCUT2D eigenvalue weighted by molar-refractivity contribution is 8.19. The molecule has 0 aliphatic carbocycles. The van der Waals surface area contributed by atoms with Crippen molar-refractivity contribution >= 4 is 46.0 Å². The normalized spacial score (nSPS) is 19.3. The van der Waals surface area contributed by atoms with Gasteiger partial charge in [0, 0.05) is 19.3 Å². The largest absolute Gasteiger partial charge is 0.384 e. The Morgan fingerprint density at radius 2 is 1.94 bits per heavy atom. The van der Waals surface area contributed by atoms with Crippen LogP contribution in [-0.2, 0) is 11.3 Å². The highest BCUT2D eigenvalue weighted by Crippen LogP contribution is 2.45. The fourth-order valence-electron chi connectivity index (χ4n) is 3.60. The molecule has 0 aromatic heterocycles. The molecule has 0 unspecified atom stereocenters. The van der Waals surface area contributed by atoms with Crippen molar-refractivity contribution in [2.45, 2.75) is 26.8 Å². The quantitative estimate of drug-likeness (QED) is 0.528. The van der Waals surface area contributed by atoms with Crippen molar-refractivity contribution in [3.05, 3.63) is 80.7 Å². The molecule has 0 spiro atoms. The Morgan fingerprint density at radius 1 is 1.15 bits per heavy atom. The van der Waals surface area contributed by atoms with Crippen LogP contribution in [0.5, 0.6) is 0 Å². The molecule has 2 heterocycles. The predicted molar refractivity (Wildman–Crippen MR) is 138 cm³/mol. The molecule has 1 saturated heterocycles. The van der Waals surface area contributed by atoms with Gasteiger partial charge in [-0.05, 0) is 54.3 Å². The van der Waals surface area contributed by atoms with Gasteiger partial charge in [0.05, 0.1) is 34.6 Å². The van der Waals surface area contributed by atoms with Crippen molar-refractivity contribution in [3.8, 4) is 6.07 Å². The number of carbonyl (C=O) groups is 1. The second-order valence-corrected chi connectivity index (χ2v) is 9.36. The van der Waals surface area contributed by atoms with E-state index in [-0.39, 0.29) is 5.91 Å². The topological polar surface area (TPSA) is 71.7 Å². The Bertz CT molecular complexity index is 1200. The van der Waals surface area contributed by atoms with Gasteiger partial charge in [0.25, 0.3) is 5.91 Å². The van der Waals surface area contributed by atoms with E-state index < -0.39 is 0 Å². The first-order chi connectivity index (χ1) is 16.0. The molecule has 2 aliphatic heterocycles. The monoisotopic (exact) mass is 475 g/mol. The number of aliphatic imine (C=N–C) groups is 1. The first-order valence-electron chi connectivity index (χ1n) is 10.8. The van der Waals surface area contributed by atoms with Crippen molar-refractivity contribution in [2.75, 3.05) is 18.9 Å². The summed E-state index contributed by atoms with van der Waals surface area (Å²) in [6.07, 6.45) is 0.904. The molecule has 4 rings (SSSR count). The summed E-state index contributed by atoms with van der Waals surface area (Å²) in [6, 6.07) is 17.5. The van der Waals surface area contributed by atoms with E-state index in [9.17, 15) is 10.1 Å². The fourth-order valence-corrected chi connectivity index (χ4v) is 5.92. The zero-order valence-electron chi connectivity index (χ0n) is 18.8. The maximum absolute atomic E-state index is 13.6. The molecular weight excluding hydrogens is 450 g/mol. The number of rotatable bonds is 6. The highest BCUT2D eigenvalue weighted by Gasteiger charge is 2.38. The molecule has 0 saturated carbocycles. The summed E-state index contributed by atoms with van der Waals surface area (Å²) in [7, 11) is 2.00. The van der Waals surface area contributed by atoms with E-state index in [4.69, 9.17) is 4.99 Å². The van der Waals surface area contributed by atoms with E-state index in [2.05, 4.69) is 28.6 Å². The van der Waals surface area contributed by atoms with Gasteiger partial charge >= 0.3 is 0 Å². The lowest BCUT2D eigenvalue weighted by molar-refractivity contribution is -0.122. The number of anilines is 1. The Hall–Kier alpha value is -3.15. The molecule has 0 bridgehead atoms. The zero-order valence-corrected chi connectivity index (χ0v) is 20.5. The lowest BCUT2D eigenvalue weighted by atomic mass is 10.2. The van der Waals surface area contributed by atoms with E-state index in [0.29, 0.717) is 27.9 Å². The van der Waals surface area contributed by atoms with Crippen LogP contribution in [0.4, 0.5) is 11.4 Å². The van der Waals surface area contributed by atoms with Crippen molar-refractivity contribution in [1.82, 2.24) is 9.80 Å². The summed E-state index contributed by atoms with van der Waals surface area (Å²) >= 11 is 2.98. The van der Waals surface area contributed by atoms with Gasteiger partial charge in [0.15, 0.2) is 5.17 Å². The van der Waals surface area contributed by atoms with Gasteiger partial charge in [-0.2, -0.15) is 5.26 Å². The number of carbonyl (C=O) groups excluding carboxylic acids is 1. The van der Waals surface area contributed by atoms with Crippen LogP contribution < -0.4 is 5.32 Å². The summed E-state index contributed by atoms with van der Waals surface area (Å²) in [4.78, 5) is 23.0. The van der Waals surface area contributed by atoms with Crippen molar-refractivity contribution in [1.29, 1.82) is 5.26 Å². The zero-order chi connectivity index (χ0) is 23.4. The number of nitrogens with zero attached hydrogens (tertiary/aromatic N) is 4. The van der Waals surface area contributed by atoms with Crippen LogP contribution in [0.2, 0.25) is 0 Å². The van der Waals surface area contributed by atoms with Gasteiger partial charge in [-0.3, -0.25) is 9.69 Å². The van der Waals surface area contributed by atoms with Gasteiger partial charge in [0.1, 0.15) is 4.91 Å². The smallest absolute Gasteiger partial charge is 0.269 e. The minimum Gasteiger partial charge on any atom is -0.384 e. The Morgan fingerprint density at radius 3 is 2.61 bits per heavy atom. The maximum atomic E-state index is 13.6. The molecule has 1 fully saturated rings. The third-order valence-electron chi connectivity index (χ3n) is 5.36. The molecule has 0 radical (unpaired) electrons. The maximum Gasteiger partial charge on any atom is 0.269 e. The van der Waals surface area contributed by atoms with Crippen LogP contribution in [0.15, 0.2) is 74.6 Å². The van der Waals surface area contributed by atoms with Crippen molar-refractivity contribution in [3.63, 3.8) is 0 Å². The van der Waals surface area contributed by atoms with Crippen molar-refractivity contribution < 1.29 is 4.79 Å². The number of amidine groups is 1. The minimum atomic E-state index is -0.0517. The number of nitriles is 1. The number of benzene rings is 2. The second kappa shape index (κ2) is 10.2. The molecule has 2 aromatic carbocycles. The fraction of sp³-hybridized carbons (Fsp3) is 0.240. The van der Waals surface area contributed by atoms with Gasteiger partial charge in [-0.15, -0.1) is 0 Å². The predicted octanol–water partition coefficient (Wildman–Crippen LogP) is 5.85. The van der Waals surface area contributed by atoms with Gasteiger partial charge in [-0.25, -0.2) is 4.99 Å². The van der Waals surface area contributed by atoms with E-state index in [1.54, 1.807) is 28.8 Å². The molecule has 2 aliphatic rings. The molecule has 8 heteroatoms. The number of hydrogen-bond acceptors (Lipinski definition) is 7. The number of amides is 1. The lowest BCUT2D eigenvalue weighted by Crippen LogP contribution is -2.29. The summed E-state index contributed by atoms with van der Waals surface area (Å²) in [5, 5.41) is 16.3. The summed E-state index contributed by atoms with van der Waals surface area (Å²) in [6.45, 7) is 5.28. The second-order valence-electron chi connectivity index (χ2n) is 7.52. The van der Waals surface area contributed by atoms with E-state index in [0.717, 1.165) is 29.2 Å². The number of allylic oxidation sites excluding steroid dienone is 1. The van der Waals surface area contributed by atoms with E-state index >= 15 is 0 Å².